The van der Waals surface area contributed by atoms with Crippen LogP contribution >= 0.6 is 0 Å². The van der Waals surface area contributed by atoms with Crippen molar-refractivity contribution in [2.75, 3.05) is 34.2 Å². The van der Waals surface area contributed by atoms with Gasteiger partial charge in [-0.3, -0.25) is 4.79 Å². The molecular formula is C10H23N3O. The van der Waals surface area contributed by atoms with E-state index < -0.39 is 5.54 Å². The lowest BCUT2D eigenvalue weighted by atomic mass is 10.0. The Hall–Kier alpha value is -0.610. The number of carbonyl (C=O) groups is 1. The zero-order valence-corrected chi connectivity index (χ0v) is 10.0. The Morgan fingerprint density at radius 1 is 1.21 bits per heavy atom. The van der Waals surface area contributed by atoms with Crippen molar-refractivity contribution in [1.29, 1.82) is 0 Å². The van der Waals surface area contributed by atoms with Crippen molar-refractivity contribution in [2.45, 2.75) is 25.8 Å². The minimum absolute atomic E-state index is 0.111. The highest BCUT2D eigenvalue weighted by Gasteiger charge is 2.18. The summed E-state index contributed by atoms with van der Waals surface area (Å²) in [7, 11) is 5.80. The van der Waals surface area contributed by atoms with Crippen LogP contribution in [0.25, 0.3) is 0 Å². The molecule has 0 fully saturated rings. The van der Waals surface area contributed by atoms with Gasteiger partial charge < -0.3 is 15.5 Å². The van der Waals surface area contributed by atoms with E-state index in [4.69, 9.17) is 5.73 Å². The van der Waals surface area contributed by atoms with Gasteiger partial charge >= 0.3 is 0 Å². The summed E-state index contributed by atoms with van der Waals surface area (Å²) in [5, 5.41) is 0. The molecule has 0 aromatic heterocycles. The van der Waals surface area contributed by atoms with Gasteiger partial charge in [-0.1, -0.05) is 0 Å². The molecule has 2 N–H and O–H groups in total. The molecule has 0 aliphatic carbocycles. The summed E-state index contributed by atoms with van der Waals surface area (Å²) < 4.78 is 0. The molecule has 84 valence electrons. The van der Waals surface area contributed by atoms with E-state index in [-0.39, 0.29) is 5.91 Å². The predicted molar refractivity (Wildman–Crippen MR) is 59.1 cm³/mol. The van der Waals surface area contributed by atoms with E-state index in [1.165, 1.54) is 0 Å². The Morgan fingerprint density at radius 3 is 2.07 bits per heavy atom. The zero-order valence-electron chi connectivity index (χ0n) is 10.0. The minimum Gasteiger partial charge on any atom is -0.344 e. The molecule has 0 aromatic rings. The molecule has 4 nitrogen and oxygen atoms in total. The standard InChI is InChI=1S/C10H23N3O/c1-10(2,11)8-9(14)13(5)7-6-12(3)4/h6-8,11H2,1-5H3. The number of likely N-dealkylation sites (N-methyl/N-ethyl adjacent to an activating group) is 2. The summed E-state index contributed by atoms with van der Waals surface area (Å²) in [4.78, 5) is 15.4. The third kappa shape index (κ3) is 6.86. The summed E-state index contributed by atoms with van der Waals surface area (Å²) in [6, 6.07) is 0. The topological polar surface area (TPSA) is 49.6 Å². The average molecular weight is 201 g/mol. The van der Waals surface area contributed by atoms with E-state index in [1.54, 1.807) is 4.90 Å². The highest BCUT2D eigenvalue weighted by Crippen LogP contribution is 2.05. The van der Waals surface area contributed by atoms with Gasteiger partial charge in [0.25, 0.3) is 0 Å². The van der Waals surface area contributed by atoms with E-state index in [1.807, 2.05) is 35.0 Å². The number of rotatable bonds is 5. The molecule has 0 spiro atoms. The fourth-order valence-corrected chi connectivity index (χ4v) is 0.999. The number of hydrogen-bond donors (Lipinski definition) is 1. The third-order valence-electron chi connectivity index (χ3n) is 1.92. The van der Waals surface area contributed by atoms with Crippen LogP contribution in [0.1, 0.15) is 20.3 Å². The Bertz CT molecular complexity index is 184. The summed E-state index contributed by atoms with van der Waals surface area (Å²) in [6.45, 7) is 5.37. The van der Waals surface area contributed by atoms with Crippen LogP contribution in [0.15, 0.2) is 0 Å². The van der Waals surface area contributed by atoms with Crippen molar-refractivity contribution in [1.82, 2.24) is 9.80 Å². The molecule has 0 unspecified atom stereocenters. The first-order chi connectivity index (χ1) is 6.22. The lowest BCUT2D eigenvalue weighted by Gasteiger charge is -2.24. The molecular weight excluding hydrogens is 178 g/mol. The molecule has 0 aliphatic heterocycles. The van der Waals surface area contributed by atoms with Crippen LogP contribution < -0.4 is 5.73 Å². The van der Waals surface area contributed by atoms with Crippen molar-refractivity contribution in [2.24, 2.45) is 5.73 Å². The first-order valence-corrected chi connectivity index (χ1v) is 4.90. The van der Waals surface area contributed by atoms with Crippen molar-refractivity contribution in [3.8, 4) is 0 Å². The molecule has 4 heteroatoms. The van der Waals surface area contributed by atoms with Crippen molar-refractivity contribution >= 4 is 5.91 Å². The van der Waals surface area contributed by atoms with Crippen LogP contribution in [0.3, 0.4) is 0 Å². The fourth-order valence-electron chi connectivity index (χ4n) is 0.999. The van der Waals surface area contributed by atoms with Gasteiger partial charge in [-0.15, -0.1) is 0 Å². The van der Waals surface area contributed by atoms with Crippen LogP contribution in [0, 0.1) is 0 Å². The molecule has 1 amide bonds. The maximum absolute atomic E-state index is 11.6. The monoisotopic (exact) mass is 201 g/mol. The van der Waals surface area contributed by atoms with Crippen molar-refractivity contribution in [3.05, 3.63) is 0 Å². The van der Waals surface area contributed by atoms with Gasteiger partial charge in [0, 0.05) is 32.1 Å². The summed E-state index contributed by atoms with van der Waals surface area (Å²) >= 11 is 0. The number of carbonyl (C=O) groups excluding carboxylic acids is 1. The van der Waals surface area contributed by atoms with Gasteiger partial charge in [0.1, 0.15) is 0 Å². The lowest BCUT2D eigenvalue weighted by Crippen LogP contribution is -2.41. The maximum atomic E-state index is 11.6. The predicted octanol–water partition coefficient (Wildman–Crippen LogP) is 0.134. The van der Waals surface area contributed by atoms with Crippen molar-refractivity contribution < 1.29 is 4.79 Å². The second-order valence-electron chi connectivity index (χ2n) is 4.78. The van der Waals surface area contributed by atoms with Gasteiger partial charge in [0.15, 0.2) is 0 Å². The normalized spacial score (nSPS) is 11.9. The first-order valence-electron chi connectivity index (χ1n) is 4.90. The van der Waals surface area contributed by atoms with Crippen LogP contribution in [0.4, 0.5) is 0 Å². The van der Waals surface area contributed by atoms with Crippen LogP contribution in [-0.4, -0.2) is 55.5 Å². The molecule has 0 bridgehead atoms. The molecule has 0 aliphatic rings. The first kappa shape index (κ1) is 13.4. The number of nitrogens with two attached hydrogens (primary N) is 1. The summed E-state index contributed by atoms with van der Waals surface area (Å²) in [5.41, 5.74) is 5.36. The van der Waals surface area contributed by atoms with Gasteiger partial charge in [-0.2, -0.15) is 0 Å². The van der Waals surface area contributed by atoms with Gasteiger partial charge in [-0.05, 0) is 27.9 Å². The quantitative estimate of drug-likeness (QED) is 0.688. The molecule has 0 saturated carbocycles. The highest BCUT2D eigenvalue weighted by atomic mass is 16.2. The molecule has 0 heterocycles. The lowest BCUT2D eigenvalue weighted by molar-refractivity contribution is -0.131. The van der Waals surface area contributed by atoms with E-state index >= 15 is 0 Å². The van der Waals surface area contributed by atoms with E-state index in [0.29, 0.717) is 6.42 Å². The minimum atomic E-state index is -0.413. The zero-order chi connectivity index (χ0) is 11.4. The number of amides is 1. The Kier molecular flexibility index (Phi) is 5.08. The smallest absolute Gasteiger partial charge is 0.224 e. The van der Waals surface area contributed by atoms with Crippen LogP contribution in [0.2, 0.25) is 0 Å². The molecule has 0 rings (SSSR count). The van der Waals surface area contributed by atoms with Gasteiger partial charge in [0.2, 0.25) is 5.91 Å². The molecule has 14 heavy (non-hydrogen) atoms. The van der Waals surface area contributed by atoms with Crippen LogP contribution in [-0.2, 0) is 4.79 Å². The van der Waals surface area contributed by atoms with Crippen LogP contribution in [0.5, 0.6) is 0 Å². The number of nitrogens with zero attached hydrogens (tertiary/aromatic N) is 2. The van der Waals surface area contributed by atoms with E-state index in [9.17, 15) is 4.79 Å². The molecule has 0 aromatic carbocycles. The Morgan fingerprint density at radius 2 is 1.71 bits per heavy atom. The Labute approximate surface area is 87.0 Å². The average Bonchev–Trinajstić information content (AvgIpc) is 1.96. The van der Waals surface area contributed by atoms with Gasteiger partial charge in [-0.25, -0.2) is 0 Å². The summed E-state index contributed by atoms with van der Waals surface area (Å²) in [5.74, 6) is 0.111. The number of hydrogen-bond acceptors (Lipinski definition) is 3. The fraction of sp³-hybridized carbons (Fsp3) is 0.900. The molecule has 0 radical (unpaired) electrons. The SMILES string of the molecule is CN(C)CCN(C)C(=O)CC(C)(C)N. The summed E-state index contributed by atoms with van der Waals surface area (Å²) in [6.07, 6.45) is 0.400. The van der Waals surface area contributed by atoms with Crippen molar-refractivity contribution in [3.63, 3.8) is 0 Å². The Balaban J connectivity index is 3.88. The van der Waals surface area contributed by atoms with E-state index in [2.05, 4.69) is 4.90 Å². The largest absolute Gasteiger partial charge is 0.344 e. The van der Waals surface area contributed by atoms with Gasteiger partial charge in [0.05, 0.1) is 0 Å². The highest BCUT2D eigenvalue weighted by molar-refractivity contribution is 5.77. The van der Waals surface area contributed by atoms with E-state index in [0.717, 1.165) is 13.1 Å². The molecule has 0 saturated heterocycles. The maximum Gasteiger partial charge on any atom is 0.224 e. The molecule has 0 atom stereocenters. The second-order valence-corrected chi connectivity index (χ2v) is 4.78. The third-order valence-corrected chi connectivity index (χ3v) is 1.92. The second kappa shape index (κ2) is 5.32.